The fourth-order valence-corrected chi connectivity index (χ4v) is 5.61. The maximum Gasteiger partial charge on any atom is 0.154 e. The van der Waals surface area contributed by atoms with E-state index >= 15 is 0 Å². The zero-order valence-corrected chi connectivity index (χ0v) is 11.2. The van der Waals surface area contributed by atoms with Crippen molar-refractivity contribution in [2.45, 2.75) is 62.7 Å². The van der Waals surface area contributed by atoms with E-state index in [0.717, 1.165) is 32.1 Å². The Hall–Kier alpha value is -0.130. The molecule has 0 aromatic carbocycles. The van der Waals surface area contributed by atoms with Gasteiger partial charge in [-0.15, -0.1) is 0 Å². The zero-order chi connectivity index (χ0) is 12.3. The summed E-state index contributed by atoms with van der Waals surface area (Å²) in [5.41, 5.74) is 2.82. The maximum absolute atomic E-state index is 12.1. The lowest BCUT2D eigenvalue weighted by Crippen LogP contribution is -2.53. The molecule has 0 bridgehead atoms. The number of hydrogen-bond donors (Lipinski definition) is 2. The molecule has 0 amide bonds. The molecule has 2 aliphatic rings. The molecule has 0 spiro atoms. The van der Waals surface area contributed by atoms with E-state index in [2.05, 4.69) is 5.43 Å². The first-order valence-electron chi connectivity index (χ1n) is 6.83. The van der Waals surface area contributed by atoms with Crippen LogP contribution in [0.2, 0.25) is 0 Å². The fraction of sp³-hybridized carbons (Fsp3) is 1.00. The molecule has 1 saturated carbocycles. The van der Waals surface area contributed by atoms with Crippen LogP contribution in [0.3, 0.4) is 0 Å². The Balaban J connectivity index is 2.10. The number of nitrogens with two attached hydrogens (primary N) is 1. The number of hydrazine groups is 1. The number of rotatable bonds is 3. The highest BCUT2D eigenvalue weighted by atomic mass is 32.2. The van der Waals surface area contributed by atoms with Crippen LogP contribution in [0.15, 0.2) is 0 Å². The normalized spacial score (nSPS) is 32.2. The Morgan fingerprint density at radius 2 is 1.65 bits per heavy atom. The Morgan fingerprint density at radius 3 is 2.24 bits per heavy atom. The summed E-state index contributed by atoms with van der Waals surface area (Å²) in [7, 11) is -2.93. The van der Waals surface area contributed by atoms with Gasteiger partial charge in [-0.05, 0) is 31.6 Å². The molecule has 2 fully saturated rings. The highest BCUT2D eigenvalue weighted by Crippen LogP contribution is 2.32. The number of hydrogen-bond acceptors (Lipinski definition) is 4. The minimum Gasteiger partial charge on any atom is -0.271 e. The van der Waals surface area contributed by atoms with Crippen LogP contribution in [0.5, 0.6) is 0 Å². The third-order valence-electron chi connectivity index (χ3n) is 4.38. The van der Waals surface area contributed by atoms with Gasteiger partial charge in [0.25, 0.3) is 0 Å². The zero-order valence-electron chi connectivity index (χ0n) is 10.4. The van der Waals surface area contributed by atoms with Crippen LogP contribution in [-0.4, -0.2) is 25.5 Å². The van der Waals surface area contributed by atoms with Gasteiger partial charge in [0.2, 0.25) is 0 Å². The molecule has 2 rings (SSSR count). The molecule has 1 aliphatic carbocycles. The van der Waals surface area contributed by atoms with Crippen LogP contribution in [0.25, 0.3) is 0 Å². The van der Waals surface area contributed by atoms with Gasteiger partial charge in [0.05, 0.1) is 11.0 Å². The quantitative estimate of drug-likeness (QED) is 0.594. The van der Waals surface area contributed by atoms with E-state index in [1.165, 1.54) is 19.3 Å². The molecule has 4 nitrogen and oxygen atoms in total. The van der Waals surface area contributed by atoms with Crippen molar-refractivity contribution in [2.75, 3.05) is 5.75 Å². The second-order valence-electron chi connectivity index (χ2n) is 5.49. The van der Waals surface area contributed by atoms with Crippen molar-refractivity contribution in [3.05, 3.63) is 0 Å². The average molecular weight is 260 g/mol. The van der Waals surface area contributed by atoms with Gasteiger partial charge in [-0.2, -0.15) is 0 Å². The average Bonchev–Trinajstić information content (AvgIpc) is 2.33. The second kappa shape index (κ2) is 5.67. The molecular formula is C12H24N2O2S. The third kappa shape index (κ3) is 3.01. The predicted molar refractivity (Wildman–Crippen MR) is 69.1 cm³/mol. The van der Waals surface area contributed by atoms with Crippen LogP contribution in [0.1, 0.15) is 51.4 Å². The molecular weight excluding hydrogens is 236 g/mol. The van der Waals surface area contributed by atoms with Crippen molar-refractivity contribution in [3.8, 4) is 0 Å². The molecule has 5 heteroatoms. The number of nitrogens with one attached hydrogen (secondary N) is 1. The Labute approximate surface area is 104 Å². The van der Waals surface area contributed by atoms with Gasteiger partial charge in [-0.25, -0.2) is 8.42 Å². The molecule has 100 valence electrons. The summed E-state index contributed by atoms with van der Waals surface area (Å²) >= 11 is 0. The van der Waals surface area contributed by atoms with Crippen LogP contribution in [0.4, 0.5) is 0 Å². The van der Waals surface area contributed by atoms with E-state index < -0.39 is 9.84 Å². The van der Waals surface area contributed by atoms with Crippen molar-refractivity contribution in [1.29, 1.82) is 0 Å². The van der Waals surface area contributed by atoms with Crippen molar-refractivity contribution < 1.29 is 8.42 Å². The third-order valence-corrected chi connectivity index (χ3v) is 6.69. The van der Waals surface area contributed by atoms with Gasteiger partial charge in [0, 0.05) is 6.04 Å². The van der Waals surface area contributed by atoms with E-state index in [0.29, 0.717) is 11.7 Å². The summed E-state index contributed by atoms with van der Waals surface area (Å²) in [6.45, 7) is 0. The predicted octanol–water partition coefficient (Wildman–Crippen LogP) is 1.37. The fourth-order valence-electron chi connectivity index (χ4n) is 3.42. The van der Waals surface area contributed by atoms with Crippen LogP contribution in [-0.2, 0) is 9.84 Å². The topological polar surface area (TPSA) is 72.2 Å². The SMILES string of the molecule is NNC(C1CCCCC1)C1CCCCS1(=O)=O. The van der Waals surface area contributed by atoms with E-state index in [1.807, 2.05) is 0 Å². The summed E-state index contributed by atoms with van der Waals surface area (Å²) < 4.78 is 24.3. The van der Waals surface area contributed by atoms with E-state index in [4.69, 9.17) is 5.84 Å². The van der Waals surface area contributed by atoms with Gasteiger partial charge in [-0.1, -0.05) is 25.7 Å². The van der Waals surface area contributed by atoms with Crippen molar-refractivity contribution in [1.82, 2.24) is 5.43 Å². The molecule has 0 aromatic rings. The van der Waals surface area contributed by atoms with Gasteiger partial charge in [0.15, 0.2) is 9.84 Å². The Bertz CT molecular complexity index is 336. The largest absolute Gasteiger partial charge is 0.271 e. The molecule has 1 aliphatic heterocycles. The molecule has 2 atom stereocenters. The minimum absolute atomic E-state index is 0.0272. The molecule has 3 N–H and O–H groups in total. The summed E-state index contributed by atoms with van der Waals surface area (Å²) in [6.07, 6.45) is 8.60. The monoisotopic (exact) mass is 260 g/mol. The van der Waals surface area contributed by atoms with Crippen molar-refractivity contribution in [3.63, 3.8) is 0 Å². The first-order valence-corrected chi connectivity index (χ1v) is 8.54. The van der Waals surface area contributed by atoms with Crippen LogP contribution in [0, 0.1) is 5.92 Å². The first kappa shape index (κ1) is 13.3. The standard InChI is InChI=1S/C12H24N2O2S/c13-14-12(10-6-2-1-3-7-10)11-8-4-5-9-17(11,15)16/h10-12,14H,1-9,13H2. The number of sulfone groups is 1. The maximum atomic E-state index is 12.1. The molecule has 1 saturated heterocycles. The Kier molecular flexibility index (Phi) is 4.44. The highest BCUT2D eigenvalue weighted by Gasteiger charge is 2.39. The van der Waals surface area contributed by atoms with Crippen molar-refractivity contribution in [2.24, 2.45) is 11.8 Å². The smallest absolute Gasteiger partial charge is 0.154 e. The molecule has 17 heavy (non-hydrogen) atoms. The summed E-state index contributed by atoms with van der Waals surface area (Å²) in [6, 6.07) is -0.0272. The summed E-state index contributed by atoms with van der Waals surface area (Å²) in [4.78, 5) is 0. The molecule has 2 unspecified atom stereocenters. The van der Waals surface area contributed by atoms with Crippen LogP contribution < -0.4 is 11.3 Å². The van der Waals surface area contributed by atoms with E-state index in [-0.39, 0.29) is 11.3 Å². The van der Waals surface area contributed by atoms with Crippen molar-refractivity contribution >= 4 is 9.84 Å². The van der Waals surface area contributed by atoms with Gasteiger partial charge in [-0.3, -0.25) is 11.3 Å². The minimum atomic E-state index is -2.93. The van der Waals surface area contributed by atoms with E-state index in [9.17, 15) is 8.42 Å². The summed E-state index contributed by atoms with van der Waals surface area (Å²) in [5, 5.41) is -0.246. The molecule has 1 heterocycles. The lowest BCUT2D eigenvalue weighted by molar-refractivity contribution is 0.254. The lowest BCUT2D eigenvalue weighted by Gasteiger charge is -2.36. The summed E-state index contributed by atoms with van der Waals surface area (Å²) in [5.74, 6) is 6.44. The highest BCUT2D eigenvalue weighted by molar-refractivity contribution is 7.92. The molecule has 0 radical (unpaired) electrons. The lowest BCUT2D eigenvalue weighted by atomic mass is 9.82. The van der Waals surface area contributed by atoms with Crippen LogP contribution >= 0.6 is 0 Å². The van der Waals surface area contributed by atoms with Gasteiger partial charge < -0.3 is 0 Å². The van der Waals surface area contributed by atoms with E-state index in [1.54, 1.807) is 0 Å². The first-order chi connectivity index (χ1) is 8.15. The molecule has 0 aromatic heterocycles. The Morgan fingerprint density at radius 1 is 1.00 bits per heavy atom. The van der Waals surface area contributed by atoms with Gasteiger partial charge in [0.1, 0.15) is 0 Å². The van der Waals surface area contributed by atoms with Gasteiger partial charge >= 0.3 is 0 Å². The second-order valence-corrected chi connectivity index (χ2v) is 7.83.